The van der Waals surface area contributed by atoms with Crippen LogP contribution in [0.5, 0.6) is 0 Å². The number of hydrazine groups is 1. The molecule has 1 heterocycles. The Hall–Kier alpha value is -2.05. The van der Waals surface area contributed by atoms with Crippen LogP contribution in [0.3, 0.4) is 0 Å². The number of rotatable bonds is 3. The molecule has 92 valence electrons. The van der Waals surface area contributed by atoms with Crippen LogP contribution >= 0.6 is 0 Å². The first-order valence-electron chi connectivity index (χ1n) is 5.49. The molecule has 0 unspecified atom stereocenters. The summed E-state index contributed by atoms with van der Waals surface area (Å²) in [6, 6.07) is 1.69. The third-order valence-corrected chi connectivity index (χ3v) is 2.40. The van der Waals surface area contributed by atoms with E-state index in [1.165, 1.54) is 0 Å². The van der Waals surface area contributed by atoms with E-state index in [1.807, 2.05) is 0 Å². The van der Waals surface area contributed by atoms with Gasteiger partial charge in [0.25, 0.3) is 5.91 Å². The number of ether oxygens (including phenoxy) is 1. The van der Waals surface area contributed by atoms with E-state index < -0.39 is 12.0 Å². The van der Waals surface area contributed by atoms with Crippen LogP contribution in [-0.2, 0) is 4.74 Å². The summed E-state index contributed by atoms with van der Waals surface area (Å²) in [5.74, 6) is 0.0308. The van der Waals surface area contributed by atoms with E-state index in [0.29, 0.717) is 5.92 Å². The Labute approximate surface area is 97.9 Å². The lowest BCUT2D eigenvalue weighted by Crippen LogP contribution is -2.42. The molecule has 0 saturated heterocycles. The van der Waals surface area contributed by atoms with Crippen LogP contribution in [0, 0.1) is 0 Å². The van der Waals surface area contributed by atoms with Crippen molar-refractivity contribution in [1.29, 1.82) is 0 Å². The molecule has 2 rings (SSSR count). The number of nitrogens with one attached hydrogen (secondary N) is 3. The maximum Gasteiger partial charge on any atom is 0.426 e. The van der Waals surface area contributed by atoms with Crippen molar-refractivity contribution in [2.45, 2.75) is 25.7 Å². The molecule has 7 heteroatoms. The molecular formula is C10H14N4O3. The van der Waals surface area contributed by atoms with Gasteiger partial charge in [0.1, 0.15) is 0 Å². The molecule has 7 nitrogen and oxygen atoms in total. The first-order chi connectivity index (χ1) is 8.20. The summed E-state index contributed by atoms with van der Waals surface area (Å²) in [6.07, 6.45) is 1.56. The fraction of sp³-hybridized carbons (Fsp3) is 0.500. The Kier molecular flexibility index (Phi) is 3.27. The molecular weight excluding hydrogens is 224 g/mol. The first-order valence-corrected chi connectivity index (χ1v) is 5.49. The Balaban J connectivity index is 1.83. The van der Waals surface area contributed by atoms with Gasteiger partial charge in [0.05, 0.1) is 6.61 Å². The molecule has 1 saturated carbocycles. The number of amides is 2. The van der Waals surface area contributed by atoms with Gasteiger partial charge in [0.15, 0.2) is 5.69 Å². The number of carbonyl (C=O) groups excluding carboxylic acids is 2. The fourth-order valence-electron chi connectivity index (χ4n) is 1.40. The van der Waals surface area contributed by atoms with Crippen LogP contribution in [0.25, 0.3) is 0 Å². The predicted molar refractivity (Wildman–Crippen MR) is 58.2 cm³/mol. The Bertz CT molecular complexity index is 425. The summed E-state index contributed by atoms with van der Waals surface area (Å²) >= 11 is 0. The molecule has 1 aliphatic rings. The molecule has 0 aromatic carbocycles. The summed E-state index contributed by atoms with van der Waals surface area (Å²) in [5.41, 5.74) is 5.55. The minimum Gasteiger partial charge on any atom is -0.449 e. The normalized spacial score (nSPS) is 14.2. The second-order valence-corrected chi connectivity index (χ2v) is 3.78. The molecule has 0 bridgehead atoms. The molecule has 0 aliphatic heterocycles. The third kappa shape index (κ3) is 2.96. The van der Waals surface area contributed by atoms with Gasteiger partial charge in [-0.1, -0.05) is 0 Å². The fourth-order valence-corrected chi connectivity index (χ4v) is 1.40. The van der Waals surface area contributed by atoms with Crippen LogP contribution in [-0.4, -0.2) is 28.8 Å². The highest BCUT2D eigenvalue weighted by Crippen LogP contribution is 2.38. The van der Waals surface area contributed by atoms with E-state index in [2.05, 4.69) is 25.8 Å². The lowest BCUT2D eigenvalue weighted by molar-refractivity contribution is 0.0908. The third-order valence-electron chi connectivity index (χ3n) is 2.40. The van der Waals surface area contributed by atoms with Gasteiger partial charge in [-0.15, -0.1) is 0 Å². The van der Waals surface area contributed by atoms with Crippen molar-refractivity contribution in [3.8, 4) is 0 Å². The SMILES string of the molecule is CCOC(=O)NNC(=O)c1cc(C2CC2)[nH]n1. The topological polar surface area (TPSA) is 96.1 Å². The predicted octanol–water partition coefficient (Wildman–Crippen LogP) is 0.678. The number of carbonyl (C=O) groups is 2. The zero-order valence-electron chi connectivity index (χ0n) is 9.45. The van der Waals surface area contributed by atoms with Crippen molar-refractivity contribution >= 4 is 12.0 Å². The molecule has 17 heavy (non-hydrogen) atoms. The van der Waals surface area contributed by atoms with Crippen LogP contribution in [0.1, 0.15) is 41.9 Å². The molecule has 3 N–H and O–H groups in total. The smallest absolute Gasteiger partial charge is 0.426 e. The molecule has 1 aromatic rings. The standard InChI is InChI=1S/C10H14N4O3/c1-2-17-10(16)14-13-9(15)8-5-7(11-12-8)6-3-4-6/h5-6H,2-4H2,1H3,(H,11,12)(H,13,15)(H,14,16). The second-order valence-electron chi connectivity index (χ2n) is 3.78. The summed E-state index contributed by atoms with van der Waals surface area (Å²) in [4.78, 5) is 22.5. The Morgan fingerprint density at radius 2 is 2.29 bits per heavy atom. The second kappa shape index (κ2) is 4.86. The minimum absolute atomic E-state index is 0.246. The monoisotopic (exact) mass is 238 g/mol. The highest BCUT2D eigenvalue weighted by atomic mass is 16.5. The molecule has 1 aromatic heterocycles. The zero-order chi connectivity index (χ0) is 12.3. The molecule has 2 amide bonds. The Morgan fingerprint density at radius 3 is 2.94 bits per heavy atom. The van der Waals surface area contributed by atoms with Gasteiger partial charge in [0.2, 0.25) is 0 Å². The lowest BCUT2D eigenvalue weighted by atomic mass is 10.2. The van der Waals surface area contributed by atoms with Crippen molar-refractivity contribution in [2.24, 2.45) is 0 Å². The van der Waals surface area contributed by atoms with Crippen molar-refractivity contribution in [3.63, 3.8) is 0 Å². The van der Waals surface area contributed by atoms with E-state index in [9.17, 15) is 9.59 Å². The first kappa shape index (κ1) is 11.4. The van der Waals surface area contributed by atoms with Gasteiger partial charge in [0, 0.05) is 11.6 Å². The highest BCUT2D eigenvalue weighted by Gasteiger charge is 2.26. The minimum atomic E-state index is -0.696. The highest BCUT2D eigenvalue weighted by molar-refractivity contribution is 5.93. The number of aromatic amines is 1. The van der Waals surface area contributed by atoms with Gasteiger partial charge in [-0.2, -0.15) is 5.10 Å². The maximum atomic E-state index is 11.5. The van der Waals surface area contributed by atoms with Crippen molar-refractivity contribution in [3.05, 3.63) is 17.5 Å². The average Bonchev–Trinajstić information content (AvgIpc) is 3.05. The van der Waals surface area contributed by atoms with Crippen LogP contribution < -0.4 is 10.9 Å². The molecule has 1 fully saturated rings. The quantitative estimate of drug-likeness (QED) is 0.674. The largest absolute Gasteiger partial charge is 0.449 e. The summed E-state index contributed by atoms with van der Waals surface area (Å²) < 4.78 is 4.59. The Morgan fingerprint density at radius 1 is 1.53 bits per heavy atom. The number of nitrogens with zero attached hydrogens (tertiary/aromatic N) is 1. The molecule has 1 aliphatic carbocycles. The van der Waals surface area contributed by atoms with Gasteiger partial charge in [-0.3, -0.25) is 15.3 Å². The summed E-state index contributed by atoms with van der Waals surface area (Å²) in [6.45, 7) is 1.92. The summed E-state index contributed by atoms with van der Waals surface area (Å²) in [5, 5.41) is 6.68. The van der Waals surface area contributed by atoms with Gasteiger partial charge < -0.3 is 4.74 Å². The van der Waals surface area contributed by atoms with Crippen molar-refractivity contribution in [2.75, 3.05) is 6.61 Å². The molecule has 0 radical (unpaired) electrons. The van der Waals surface area contributed by atoms with E-state index in [4.69, 9.17) is 0 Å². The summed E-state index contributed by atoms with van der Waals surface area (Å²) in [7, 11) is 0. The van der Waals surface area contributed by atoms with E-state index in [0.717, 1.165) is 18.5 Å². The van der Waals surface area contributed by atoms with Gasteiger partial charge in [-0.25, -0.2) is 10.2 Å². The lowest BCUT2D eigenvalue weighted by Gasteiger charge is -2.04. The molecule has 0 spiro atoms. The van der Waals surface area contributed by atoms with E-state index >= 15 is 0 Å². The van der Waals surface area contributed by atoms with Gasteiger partial charge in [-0.05, 0) is 25.8 Å². The average molecular weight is 238 g/mol. The number of hydrogen-bond donors (Lipinski definition) is 3. The maximum absolute atomic E-state index is 11.5. The van der Waals surface area contributed by atoms with Crippen molar-refractivity contribution < 1.29 is 14.3 Å². The van der Waals surface area contributed by atoms with Crippen LogP contribution in [0.2, 0.25) is 0 Å². The van der Waals surface area contributed by atoms with Crippen molar-refractivity contribution in [1.82, 2.24) is 21.0 Å². The van der Waals surface area contributed by atoms with E-state index in [1.54, 1.807) is 13.0 Å². The van der Waals surface area contributed by atoms with E-state index in [-0.39, 0.29) is 12.3 Å². The number of aromatic nitrogens is 2. The van der Waals surface area contributed by atoms with Crippen LogP contribution in [0.4, 0.5) is 4.79 Å². The molecule has 0 atom stereocenters. The van der Waals surface area contributed by atoms with Crippen LogP contribution in [0.15, 0.2) is 6.07 Å². The number of hydrogen-bond acceptors (Lipinski definition) is 4. The van der Waals surface area contributed by atoms with Gasteiger partial charge >= 0.3 is 6.09 Å². The zero-order valence-corrected chi connectivity index (χ0v) is 9.45. The number of H-pyrrole nitrogens is 1.